The summed E-state index contributed by atoms with van der Waals surface area (Å²) in [7, 11) is 2.33. The van der Waals surface area contributed by atoms with Gasteiger partial charge in [-0.05, 0) is 19.3 Å². The maximum Gasteiger partial charge on any atom is 0.194 e. The smallest absolute Gasteiger partial charge is 0.194 e. The third kappa shape index (κ3) is 2.80. The van der Waals surface area contributed by atoms with E-state index in [0.29, 0.717) is 6.61 Å². The Bertz CT molecular complexity index is 1070. The topological polar surface area (TPSA) is 39.2 Å². The molecule has 0 amide bonds. The van der Waals surface area contributed by atoms with Gasteiger partial charge in [-0.2, -0.15) is 0 Å². The highest BCUT2D eigenvalue weighted by molar-refractivity contribution is 6.25. The summed E-state index contributed by atoms with van der Waals surface area (Å²) in [6.45, 7) is 4.14. The summed E-state index contributed by atoms with van der Waals surface area (Å²) in [6.07, 6.45) is 5.79. The number of fused-ring (bicyclic) bond motifs is 2. The van der Waals surface area contributed by atoms with Crippen LogP contribution in [0.2, 0.25) is 0 Å². The lowest BCUT2D eigenvalue weighted by Gasteiger charge is -2.37. The molecule has 2 aromatic carbocycles. The van der Waals surface area contributed by atoms with Crippen molar-refractivity contribution in [2.24, 2.45) is 0 Å². The minimum atomic E-state index is 0.0685. The van der Waals surface area contributed by atoms with Crippen LogP contribution in [0.1, 0.15) is 35.2 Å². The highest BCUT2D eigenvalue weighted by Gasteiger charge is 2.28. The molecule has 0 saturated carbocycles. The van der Waals surface area contributed by atoms with Crippen molar-refractivity contribution in [2.75, 3.05) is 33.3 Å². The number of benzene rings is 2. The minimum absolute atomic E-state index is 0.0685. The summed E-state index contributed by atoms with van der Waals surface area (Å²) in [6, 6.07) is 13.6. The Morgan fingerprint density at radius 1 is 0.964 bits per heavy atom. The number of nitrogens with zero attached hydrogens (tertiary/aromatic N) is 2. The van der Waals surface area contributed by atoms with Crippen LogP contribution in [0.15, 0.2) is 48.7 Å². The lowest BCUT2D eigenvalue weighted by Crippen LogP contribution is -2.50. The van der Waals surface area contributed by atoms with Crippen LogP contribution in [0.4, 0.5) is 0 Å². The number of piperidine rings is 1. The quantitative estimate of drug-likeness (QED) is 0.496. The second-order valence-electron chi connectivity index (χ2n) is 8.27. The van der Waals surface area contributed by atoms with Gasteiger partial charge in [0.15, 0.2) is 5.78 Å². The van der Waals surface area contributed by atoms with Gasteiger partial charge in [0.25, 0.3) is 0 Å². The van der Waals surface area contributed by atoms with Gasteiger partial charge in [-0.3, -0.25) is 9.78 Å². The fourth-order valence-corrected chi connectivity index (χ4v) is 4.69. The van der Waals surface area contributed by atoms with Crippen LogP contribution in [0.25, 0.3) is 22.0 Å². The highest BCUT2D eigenvalue weighted by atomic mass is 16.5. The number of hydrogen-bond acceptors (Lipinski definition) is 3. The Morgan fingerprint density at radius 2 is 1.71 bits per heavy atom. The number of hydrogen-bond donors (Lipinski definition) is 0. The summed E-state index contributed by atoms with van der Waals surface area (Å²) in [5, 5.41) is 1.90. The van der Waals surface area contributed by atoms with E-state index in [1.807, 2.05) is 48.7 Å². The van der Waals surface area contributed by atoms with E-state index in [1.54, 1.807) is 0 Å². The number of aromatic nitrogens is 1. The van der Waals surface area contributed by atoms with Crippen molar-refractivity contribution >= 4 is 16.6 Å². The van der Waals surface area contributed by atoms with Crippen molar-refractivity contribution in [1.29, 1.82) is 0 Å². The molecule has 1 saturated heterocycles. The van der Waals surface area contributed by atoms with Crippen LogP contribution < -0.4 is 4.74 Å². The molecule has 0 atom stereocenters. The second-order valence-corrected chi connectivity index (χ2v) is 8.27. The summed E-state index contributed by atoms with van der Waals surface area (Å²) in [5.74, 6) is 0.843. The normalized spacial score (nSPS) is 17.4. The van der Waals surface area contributed by atoms with Crippen molar-refractivity contribution in [3.8, 4) is 17.0 Å². The van der Waals surface area contributed by atoms with Crippen molar-refractivity contribution < 1.29 is 14.0 Å². The fraction of sp³-hybridized carbons (Fsp3) is 0.333. The highest BCUT2D eigenvalue weighted by Crippen LogP contribution is 2.40. The zero-order valence-corrected chi connectivity index (χ0v) is 16.3. The van der Waals surface area contributed by atoms with Gasteiger partial charge in [0.1, 0.15) is 18.9 Å². The molecule has 5 rings (SSSR count). The molecule has 0 N–H and O–H groups in total. The van der Waals surface area contributed by atoms with Crippen LogP contribution >= 0.6 is 0 Å². The molecule has 4 nitrogen and oxygen atoms in total. The van der Waals surface area contributed by atoms with Gasteiger partial charge in [0.2, 0.25) is 0 Å². The molecule has 1 fully saturated rings. The number of pyridine rings is 1. The Labute approximate surface area is 165 Å². The van der Waals surface area contributed by atoms with Crippen molar-refractivity contribution in [3.63, 3.8) is 0 Å². The number of likely N-dealkylation sites (N-methyl/N-ethyl adjacent to an activating group) is 1. The van der Waals surface area contributed by atoms with Gasteiger partial charge in [-0.1, -0.05) is 42.5 Å². The molecule has 28 heavy (non-hydrogen) atoms. The zero-order chi connectivity index (χ0) is 19.1. The van der Waals surface area contributed by atoms with Gasteiger partial charge < -0.3 is 9.22 Å². The number of quaternary nitrogens is 1. The minimum Gasteiger partial charge on any atom is -0.485 e. The number of carbonyl (C=O) groups excluding carboxylic acids is 1. The van der Waals surface area contributed by atoms with Gasteiger partial charge in [0.05, 0.1) is 32.0 Å². The first-order chi connectivity index (χ1) is 13.7. The van der Waals surface area contributed by atoms with Crippen LogP contribution in [0.5, 0.6) is 5.75 Å². The van der Waals surface area contributed by atoms with E-state index in [9.17, 15) is 4.79 Å². The molecule has 2 heterocycles. The lowest BCUT2D eigenvalue weighted by atomic mass is 9.85. The Balaban J connectivity index is 1.50. The summed E-state index contributed by atoms with van der Waals surface area (Å²) < 4.78 is 7.28. The third-order valence-corrected chi connectivity index (χ3v) is 6.33. The molecule has 1 aromatic heterocycles. The molecule has 1 aliphatic carbocycles. The van der Waals surface area contributed by atoms with Crippen LogP contribution in [-0.4, -0.2) is 48.5 Å². The molecule has 0 radical (unpaired) electrons. The Morgan fingerprint density at radius 3 is 2.54 bits per heavy atom. The van der Waals surface area contributed by atoms with E-state index in [0.717, 1.165) is 49.9 Å². The van der Waals surface area contributed by atoms with Gasteiger partial charge in [-0.15, -0.1) is 0 Å². The van der Waals surface area contributed by atoms with Gasteiger partial charge in [0, 0.05) is 27.5 Å². The van der Waals surface area contributed by atoms with Crippen molar-refractivity contribution in [1.82, 2.24) is 4.98 Å². The number of ketones is 1. The molecular formula is C24H25N2O2+. The first-order valence-electron chi connectivity index (χ1n) is 10.2. The molecule has 0 spiro atoms. The van der Waals surface area contributed by atoms with Crippen LogP contribution in [0, 0.1) is 0 Å². The molecule has 4 heteroatoms. The average Bonchev–Trinajstić information content (AvgIpc) is 2.73. The molecule has 2 aliphatic rings. The maximum absolute atomic E-state index is 13.0. The Hall–Kier alpha value is -2.72. The maximum atomic E-state index is 13.0. The number of ether oxygens (including phenoxy) is 1. The predicted molar refractivity (Wildman–Crippen MR) is 111 cm³/mol. The van der Waals surface area contributed by atoms with Crippen molar-refractivity contribution in [2.45, 2.75) is 19.3 Å². The van der Waals surface area contributed by atoms with Crippen LogP contribution in [-0.2, 0) is 0 Å². The summed E-state index contributed by atoms with van der Waals surface area (Å²) in [4.78, 5) is 17.7. The van der Waals surface area contributed by atoms with E-state index >= 15 is 0 Å². The van der Waals surface area contributed by atoms with E-state index in [-0.39, 0.29) is 5.78 Å². The monoisotopic (exact) mass is 373 g/mol. The number of carbonyl (C=O) groups is 1. The van der Waals surface area contributed by atoms with Gasteiger partial charge in [-0.25, -0.2) is 0 Å². The molecule has 0 unspecified atom stereocenters. The third-order valence-electron chi connectivity index (χ3n) is 6.33. The number of likely N-dealkylation sites (tertiary alicyclic amines) is 1. The average molecular weight is 373 g/mol. The van der Waals surface area contributed by atoms with E-state index < -0.39 is 0 Å². The van der Waals surface area contributed by atoms with Crippen LogP contribution in [0.3, 0.4) is 0 Å². The first-order valence-corrected chi connectivity index (χ1v) is 10.2. The SMILES string of the molecule is C[N+]1(CCOc2cnc3c4c(cccc24)C(=O)c2ccccc2-3)CCCCC1. The molecule has 3 aromatic rings. The van der Waals surface area contributed by atoms with Gasteiger partial charge >= 0.3 is 0 Å². The van der Waals surface area contributed by atoms with E-state index in [4.69, 9.17) is 9.72 Å². The van der Waals surface area contributed by atoms with E-state index in [2.05, 4.69) is 7.05 Å². The van der Waals surface area contributed by atoms with Crippen molar-refractivity contribution in [3.05, 3.63) is 59.8 Å². The Kier molecular flexibility index (Phi) is 4.17. The predicted octanol–water partition coefficient (Wildman–Crippen LogP) is 4.46. The summed E-state index contributed by atoms with van der Waals surface area (Å²) in [5.41, 5.74) is 3.24. The second kappa shape index (κ2) is 6.71. The molecule has 142 valence electrons. The zero-order valence-electron chi connectivity index (χ0n) is 16.3. The molecular weight excluding hydrogens is 348 g/mol. The lowest BCUT2D eigenvalue weighted by molar-refractivity contribution is -0.914. The first kappa shape index (κ1) is 17.4. The number of rotatable bonds is 4. The summed E-state index contributed by atoms with van der Waals surface area (Å²) >= 11 is 0. The molecule has 1 aliphatic heterocycles. The van der Waals surface area contributed by atoms with E-state index in [1.165, 1.54) is 32.4 Å². The largest absolute Gasteiger partial charge is 0.485 e. The standard InChI is InChI=1S/C24H25N2O2/c1-26(12-5-2-6-13-26)14-15-28-21-16-25-23-17-8-3-4-9-18(17)24(27)20-11-7-10-19(21)22(20)23/h3-4,7-11,16H,2,5-6,12-15H2,1H3/q+1. The fourth-order valence-electron chi connectivity index (χ4n) is 4.69. The molecule has 0 bridgehead atoms.